The molecule has 0 aliphatic carbocycles. The van der Waals surface area contributed by atoms with Crippen LogP contribution in [0, 0.1) is 6.92 Å². The van der Waals surface area contributed by atoms with Crippen molar-refractivity contribution >= 4 is 11.6 Å². The van der Waals surface area contributed by atoms with Gasteiger partial charge in [-0.1, -0.05) is 12.1 Å². The predicted molar refractivity (Wildman–Crippen MR) is 99.2 cm³/mol. The number of carbonyl (C=O) groups excluding carboxylic acids is 1. The Bertz CT molecular complexity index is 737. The number of aryl methyl sites for hydroxylation is 1. The minimum absolute atomic E-state index is 0.0819. The van der Waals surface area contributed by atoms with Crippen LogP contribution in [0.5, 0.6) is 11.5 Å². The Balaban J connectivity index is 1.86. The van der Waals surface area contributed by atoms with E-state index in [4.69, 9.17) is 9.47 Å². The van der Waals surface area contributed by atoms with Crippen molar-refractivity contribution in [3.05, 3.63) is 59.7 Å². The molecule has 2 aromatic carbocycles. The van der Waals surface area contributed by atoms with Gasteiger partial charge in [0.15, 0.2) is 6.61 Å². The average molecular weight is 340 g/mol. The van der Waals surface area contributed by atoms with E-state index in [1.165, 1.54) is 0 Å². The summed E-state index contributed by atoms with van der Waals surface area (Å²) in [5.74, 6) is 1.17. The molecule has 0 aliphatic rings. The molecule has 2 rings (SSSR count). The molecular weight excluding hydrogens is 316 g/mol. The molecular formula is C20H24N2O3. The summed E-state index contributed by atoms with van der Waals surface area (Å²) in [6, 6.07) is 15.1. The highest BCUT2D eigenvalue weighted by Gasteiger charge is 2.04. The first-order valence-electron chi connectivity index (χ1n) is 8.23. The van der Waals surface area contributed by atoms with Crippen molar-refractivity contribution in [2.45, 2.75) is 33.8 Å². The smallest absolute Gasteiger partial charge is 0.277 e. The molecule has 0 aliphatic heterocycles. The highest BCUT2D eigenvalue weighted by Crippen LogP contribution is 2.14. The minimum atomic E-state index is -0.305. The first-order chi connectivity index (χ1) is 11.9. The topological polar surface area (TPSA) is 59.9 Å². The lowest BCUT2D eigenvalue weighted by atomic mass is 10.1. The zero-order chi connectivity index (χ0) is 18.2. The van der Waals surface area contributed by atoms with Crippen molar-refractivity contribution in [1.29, 1.82) is 0 Å². The van der Waals surface area contributed by atoms with Crippen LogP contribution >= 0.6 is 0 Å². The van der Waals surface area contributed by atoms with Crippen molar-refractivity contribution in [3.63, 3.8) is 0 Å². The number of nitrogens with zero attached hydrogens (tertiary/aromatic N) is 1. The van der Waals surface area contributed by atoms with Crippen LogP contribution in [0.2, 0.25) is 0 Å². The molecule has 0 saturated heterocycles. The molecule has 0 radical (unpaired) electrons. The highest BCUT2D eigenvalue weighted by molar-refractivity contribution is 5.99. The van der Waals surface area contributed by atoms with Gasteiger partial charge >= 0.3 is 0 Å². The summed E-state index contributed by atoms with van der Waals surface area (Å²) in [5, 5.41) is 4.11. The maximum absolute atomic E-state index is 11.8. The molecule has 0 bridgehead atoms. The third-order valence-corrected chi connectivity index (χ3v) is 3.35. The molecule has 0 saturated carbocycles. The zero-order valence-electron chi connectivity index (χ0n) is 15.1. The number of rotatable bonds is 7. The van der Waals surface area contributed by atoms with E-state index < -0.39 is 0 Å². The summed E-state index contributed by atoms with van der Waals surface area (Å²) >= 11 is 0. The second kappa shape index (κ2) is 8.87. The van der Waals surface area contributed by atoms with Crippen LogP contribution in [0.15, 0.2) is 53.6 Å². The van der Waals surface area contributed by atoms with Crippen LogP contribution in [0.4, 0.5) is 0 Å². The lowest BCUT2D eigenvalue weighted by Gasteiger charge is -2.10. The first kappa shape index (κ1) is 18.5. The Kier molecular flexibility index (Phi) is 6.57. The quantitative estimate of drug-likeness (QED) is 0.617. The Labute approximate surface area is 148 Å². The van der Waals surface area contributed by atoms with Crippen molar-refractivity contribution in [3.8, 4) is 11.5 Å². The third kappa shape index (κ3) is 6.30. The standard InChI is InChI=1S/C20H24N2O3/c1-14(2)25-18-10-8-17(9-11-18)16(4)21-22-20(23)13-24-19-7-5-6-15(3)12-19/h5-12,14H,13H2,1-4H3,(H,22,23)/b21-16-. The molecule has 1 N–H and O–H groups in total. The SMILES string of the molecule is C/C(=N/NC(=O)COc1cccc(C)c1)c1ccc(OC(C)C)cc1. The fourth-order valence-electron chi connectivity index (χ4n) is 2.14. The fourth-order valence-corrected chi connectivity index (χ4v) is 2.14. The van der Waals surface area contributed by atoms with Gasteiger partial charge in [0.25, 0.3) is 5.91 Å². The minimum Gasteiger partial charge on any atom is -0.491 e. The monoisotopic (exact) mass is 340 g/mol. The van der Waals surface area contributed by atoms with Crippen molar-refractivity contribution in [2.24, 2.45) is 5.10 Å². The third-order valence-electron chi connectivity index (χ3n) is 3.35. The van der Waals surface area contributed by atoms with Crippen molar-refractivity contribution < 1.29 is 14.3 Å². The number of ether oxygens (including phenoxy) is 2. The van der Waals surface area contributed by atoms with E-state index in [0.29, 0.717) is 11.5 Å². The number of benzene rings is 2. The molecule has 5 nitrogen and oxygen atoms in total. The van der Waals surface area contributed by atoms with Gasteiger partial charge in [0.2, 0.25) is 0 Å². The van der Waals surface area contributed by atoms with Crippen molar-refractivity contribution in [2.75, 3.05) is 6.61 Å². The van der Waals surface area contributed by atoms with Crippen LogP contribution in [-0.2, 0) is 4.79 Å². The van der Waals surface area contributed by atoms with Gasteiger partial charge in [-0.25, -0.2) is 5.43 Å². The van der Waals surface area contributed by atoms with Gasteiger partial charge in [-0.3, -0.25) is 4.79 Å². The Hall–Kier alpha value is -2.82. The van der Waals surface area contributed by atoms with Crippen molar-refractivity contribution in [1.82, 2.24) is 5.43 Å². The maximum atomic E-state index is 11.8. The van der Waals surface area contributed by atoms with E-state index >= 15 is 0 Å². The van der Waals surface area contributed by atoms with E-state index in [1.54, 1.807) is 0 Å². The number of hydrogen-bond donors (Lipinski definition) is 1. The van der Waals surface area contributed by atoms with Crippen LogP contribution in [0.1, 0.15) is 31.9 Å². The molecule has 1 amide bonds. The molecule has 132 valence electrons. The molecule has 25 heavy (non-hydrogen) atoms. The summed E-state index contributed by atoms with van der Waals surface area (Å²) in [6.45, 7) is 7.68. The number of hydrogen-bond acceptors (Lipinski definition) is 4. The number of hydrazone groups is 1. The highest BCUT2D eigenvalue weighted by atomic mass is 16.5. The largest absolute Gasteiger partial charge is 0.491 e. The van der Waals surface area contributed by atoms with Gasteiger partial charge in [-0.2, -0.15) is 5.10 Å². The summed E-state index contributed by atoms with van der Waals surface area (Å²) < 4.78 is 11.0. The summed E-state index contributed by atoms with van der Waals surface area (Å²) in [6.07, 6.45) is 0.133. The van der Waals surface area contributed by atoms with Crippen LogP contribution in [0.25, 0.3) is 0 Å². The van der Waals surface area contributed by atoms with E-state index in [1.807, 2.05) is 76.2 Å². The average Bonchev–Trinajstić information content (AvgIpc) is 2.58. The molecule has 0 unspecified atom stereocenters. The second-order valence-corrected chi connectivity index (χ2v) is 6.03. The van der Waals surface area contributed by atoms with Gasteiger partial charge in [-0.15, -0.1) is 0 Å². The van der Waals surface area contributed by atoms with Crippen LogP contribution in [-0.4, -0.2) is 24.3 Å². The van der Waals surface area contributed by atoms with E-state index in [2.05, 4.69) is 10.5 Å². The molecule has 0 atom stereocenters. The van der Waals surface area contributed by atoms with Gasteiger partial charge < -0.3 is 9.47 Å². The summed E-state index contributed by atoms with van der Waals surface area (Å²) in [5.41, 5.74) is 5.21. The molecule has 0 spiro atoms. The summed E-state index contributed by atoms with van der Waals surface area (Å²) in [7, 11) is 0. The Morgan fingerprint density at radius 2 is 1.84 bits per heavy atom. The molecule has 2 aromatic rings. The predicted octanol–water partition coefficient (Wildman–Crippen LogP) is 3.70. The number of amides is 1. The summed E-state index contributed by atoms with van der Waals surface area (Å²) in [4.78, 5) is 11.8. The van der Waals surface area contributed by atoms with E-state index in [9.17, 15) is 4.79 Å². The van der Waals surface area contributed by atoms with E-state index in [-0.39, 0.29) is 18.6 Å². The zero-order valence-corrected chi connectivity index (χ0v) is 15.1. The molecule has 0 fully saturated rings. The lowest BCUT2D eigenvalue weighted by molar-refractivity contribution is -0.123. The van der Waals surface area contributed by atoms with Gasteiger partial charge in [0.1, 0.15) is 11.5 Å². The first-order valence-corrected chi connectivity index (χ1v) is 8.23. The van der Waals surface area contributed by atoms with Crippen LogP contribution in [0.3, 0.4) is 0 Å². The van der Waals surface area contributed by atoms with Gasteiger partial charge in [0, 0.05) is 0 Å². The fraction of sp³-hybridized carbons (Fsp3) is 0.300. The van der Waals surface area contributed by atoms with Gasteiger partial charge in [-0.05, 0) is 75.2 Å². The van der Waals surface area contributed by atoms with Gasteiger partial charge in [0.05, 0.1) is 11.8 Å². The Morgan fingerprint density at radius 1 is 1.12 bits per heavy atom. The number of carbonyl (C=O) groups is 1. The van der Waals surface area contributed by atoms with Crippen LogP contribution < -0.4 is 14.9 Å². The molecule has 0 heterocycles. The van der Waals surface area contributed by atoms with E-state index in [0.717, 1.165) is 16.9 Å². The maximum Gasteiger partial charge on any atom is 0.277 e. The lowest BCUT2D eigenvalue weighted by Crippen LogP contribution is -2.25. The molecule has 5 heteroatoms. The normalized spacial score (nSPS) is 11.3. The molecule has 0 aromatic heterocycles. The Morgan fingerprint density at radius 3 is 2.48 bits per heavy atom. The second-order valence-electron chi connectivity index (χ2n) is 6.03. The number of nitrogens with one attached hydrogen (secondary N) is 1.